The lowest BCUT2D eigenvalue weighted by atomic mass is 10.1. The van der Waals surface area contributed by atoms with E-state index in [0.29, 0.717) is 35.2 Å². The quantitative estimate of drug-likeness (QED) is 0.206. The molecular formula is C26H23ClN4O5. The van der Waals surface area contributed by atoms with Gasteiger partial charge in [0.2, 0.25) is 11.7 Å². The molecule has 0 bridgehead atoms. The van der Waals surface area contributed by atoms with E-state index in [-0.39, 0.29) is 30.1 Å². The highest BCUT2D eigenvalue weighted by atomic mass is 35.5. The molecule has 0 N–H and O–H groups in total. The van der Waals surface area contributed by atoms with Crippen LogP contribution in [0.3, 0.4) is 0 Å². The summed E-state index contributed by atoms with van der Waals surface area (Å²) < 4.78 is 11.0. The molecule has 10 heteroatoms. The van der Waals surface area contributed by atoms with Crippen molar-refractivity contribution in [2.24, 2.45) is 0 Å². The lowest BCUT2D eigenvalue weighted by molar-refractivity contribution is -0.384. The molecule has 0 aliphatic heterocycles. The first-order valence-electron chi connectivity index (χ1n) is 11.2. The number of halogens is 1. The van der Waals surface area contributed by atoms with Crippen molar-refractivity contribution in [3.05, 3.63) is 105 Å². The maximum Gasteiger partial charge on any atom is 0.270 e. The number of nitro groups is 1. The largest absolute Gasteiger partial charge is 0.484 e. The fourth-order valence-electron chi connectivity index (χ4n) is 3.65. The molecule has 0 saturated heterocycles. The first kappa shape index (κ1) is 24.9. The van der Waals surface area contributed by atoms with Crippen LogP contribution in [-0.2, 0) is 11.2 Å². The van der Waals surface area contributed by atoms with Crippen LogP contribution >= 0.6 is 11.6 Å². The van der Waals surface area contributed by atoms with Gasteiger partial charge in [-0.25, -0.2) is 0 Å². The van der Waals surface area contributed by atoms with Crippen LogP contribution in [0.1, 0.15) is 24.4 Å². The number of hydrogen-bond donors (Lipinski definition) is 0. The van der Waals surface area contributed by atoms with Crippen LogP contribution < -0.4 is 4.74 Å². The number of carbonyl (C=O) groups excluding carboxylic acids is 1. The van der Waals surface area contributed by atoms with Crippen molar-refractivity contribution in [2.45, 2.75) is 19.4 Å². The molecule has 0 fully saturated rings. The van der Waals surface area contributed by atoms with Crippen LogP contribution in [0, 0.1) is 10.1 Å². The zero-order chi connectivity index (χ0) is 25.5. The van der Waals surface area contributed by atoms with Gasteiger partial charge in [0.15, 0.2) is 6.61 Å². The summed E-state index contributed by atoms with van der Waals surface area (Å²) in [4.78, 5) is 29.8. The standard InChI is InChI=1S/C26H23ClN4O5/c1-18(19-6-3-2-4-7-19)30(25(32)17-35-23-12-10-21(27)11-13-23)15-14-24-28-26(29-36-24)20-8-5-9-22(16-20)31(33)34/h2-13,16,18H,14-15,17H2,1H3. The second-order valence-electron chi connectivity index (χ2n) is 7.99. The Morgan fingerprint density at radius 2 is 1.86 bits per heavy atom. The maximum absolute atomic E-state index is 13.2. The van der Waals surface area contributed by atoms with E-state index in [2.05, 4.69) is 10.1 Å². The zero-order valence-corrected chi connectivity index (χ0v) is 20.2. The molecule has 9 nitrogen and oxygen atoms in total. The second-order valence-corrected chi connectivity index (χ2v) is 8.42. The summed E-state index contributed by atoms with van der Waals surface area (Å²) in [6, 6.07) is 22.2. The third-order valence-corrected chi connectivity index (χ3v) is 5.85. The molecule has 184 valence electrons. The summed E-state index contributed by atoms with van der Waals surface area (Å²) in [5.74, 6) is 0.889. The minimum atomic E-state index is -0.481. The molecule has 1 aromatic heterocycles. The van der Waals surface area contributed by atoms with E-state index in [0.717, 1.165) is 5.56 Å². The molecule has 1 amide bonds. The van der Waals surface area contributed by atoms with Crippen molar-refractivity contribution in [1.29, 1.82) is 0 Å². The predicted molar refractivity (Wildman–Crippen MR) is 134 cm³/mol. The number of non-ortho nitro benzene ring substituents is 1. The third-order valence-electron chi connectivity index (χ3n) is 5.60. The van der Waals surface area contributed by atoms with E-state index in [1.165, 1.54) is 12.1 Å². The van der Waals surface area contributed by atoms with E-state index in [1.807, 2.05) is 37.3 Å². The van der Waals surface area contributed by atoms with Crippen LogP contribution in [0.2, 0.25) is 5.02 Å². The SMILES string of the molecule is CC(c1ccccc1)N(CCc1nc(-c2cccc([N+](=O)[O-])c2)no1)C(=O)COc1ccc(Cl)cc1. The first-order chi connectivity index (χ1) is 17.4. The molecule has 36 heavy (non-hydrogen) atoms. The Kier molecular flexibility index (Phi) is 7.92. The second kappa shape index (κ2) is 11.5. The Morgan fingerprint density at radius 1 is 1.11 bits per heavy atom. The number of benzene rings is 3. The molecule has 0 saturated carbocycles. The highest BCUT2D eigenvalue weighted by Gasteiger charge is 2.23. The topological polar surface area (TPSA) is 112 Å². The van der Waals surface area contributed by atoms with Crippen LogP contribution in [0.25, 0.3) is 11.4 Å². The summed E-state index contributed by atoms with van der Waals surface area (Å²) in [5.41, 5.74) is 1.38. The number of amides is 1. The summed E-state index contributed by atoms with van der Waals surface area (Å²) in [6.07, 6.45) is 0.297. The van der Waals surface area contributed by atoms with Gasteiger partial charge in [-0.2, -0.15) is 4.98 Å². The Labute approximate surface area is 212 Å². The zero-order valence-electron chi connectivity index (χ0n) is 19.4. The van der Waals surface area contributed by atoms with Crippen molar-refractivity contribution in [1.82, 2.24) is 15.0 Å². The van der Waals surface area contributed by atoms with Crippen LogP contribution in [-0.4, -0.2) is 39.0 Å². The molecular weight excluding hydrogens is 484 g/mol. The smallest absolute Gasteiger partial charge is 0.270 e. The monoisotopic (exact) mass is 506 g/mol. The van der Waals surface area contributed by atoms with Crippen LogP contribution in [0.15, 0.2) is 83.4 Å². The summed E-state index contributed by atoms with van der Waals surface area (Å²) >= 11 is 5.92. The number of ether oxygens (including phenoxy) is 1. The summed E-state index contributed by atoms with van der Waals surface area (Å²) in [6.45, 7) is 2.09. The van der Waals surface area contributed by atoms with E-state index < -0.39 is 4.92 Å². The number of rotatable bonds is 10. The highest BCUT2D eigenvalue weighted by Crippen LogP contribution is 2.24. The average Bonchev–Trinajstić information content (AvgIpc) is 3.38. The number of nitrogens with zero attached hydrogens (tertiary/aromatic N) is 4. The Bertz CT molecular complexity index is 1330. The van der Waals surface area contributed by atoms with Gasteiger partial charge in [0.1, 0.15) is 5.75 Å². The molecule has 0 aliphatic carbocycles. The fraction of sp³-hybridized carbons (Fsp3) is 0.192. The highest BCUT2D eigenvalue weighted by molar-refractivity contribution is 6.30. The van der Waals surface area contributed by atoms with Gasteiger partial charge in [-0.15, -0.1) is 0 Å². The Balaban J connectivity index is 1.47. The van der Waals surface area contributed by atoms with E-state index in [1.54, 1.807) is 41.3 Å². The van der Waals surface area contributed by atoms with Gasteiger partial charge in [-0.05, 0) is 36.8 Å². The molecule has 4 aromatic rings. The van der Waals surface area contributed by atoms with Crippen molar-refractivity contribution < 1.29 is 19.0 Å². The van der Waals surface area contributed by atoms with Gasteiger partial charge >= 0.3 is 0 Å². The minimum absolute atomic E-state index is 0.0620. The van der Waals surface area contributed by atoms with Gasteiger partial charge in [0, 0.05) is 35.7 Å². The molecule has 0 spiro atoms. The number of carbonyl (C=O) groups is 1. The number of nitro benzene ring substituents is 1. The lowest BCUT2D eigenvalue weighted by Crippen LogP contribution is -2.38. The lowest BCUT2D eigenvalue weighted by Gasteiger charge is -2.29. The van der Waals surface area contributed by atoms with E-state index in [4.69, 9.17) is 20.9 Å². The van der Waals surface area contributed by atoms with Gasteiger partial charge in [-0.3, -0.25) is 14.9 Å². The molecule has 1 unspecified atom stereocenters. The third kappa shape index (κ3) is 6.25. The maximum atomic E-state index is 13.2. The minimum Gasteiger partial charge on any atom is -0.484 e. The van der Waals surface area contributed by atoms with E-state index in [9.17, 15) is 14.9 Å². The molecule has 0 aliphatic rings. The van der Waals surface area contributed by atoms with Gasteiger partial charge in [0.25, 0.3) is 11.6 Å². The summed E-state index contributed by atoms with van der Waals surface area (Å²) in [7, 11) is 0. The fourth-order valence-corrected chi connectivity index (χ4v) is 3.78. The van der Waals surface area contributed by atoms with Crippen molar-refractivity contribution >= 4 is 23.2 Å². The average molecular weight is 507 g/mol. The Hall–Kier alpha value is -4.24. The number of aromatic nitrogens is 2. The normalized spacial score (nSPS) is 11.6. The Morgan fingerprint density at radius 3 is 2.58 bits per heavy atom. The van der Waals surface area contributed by atoms with Gasteiger partial charge in [0.05, 0.1) is 11.0 Å². The molecule has 4 rings (SSSR count). The molecule has 0 radical (unpaired) electrons. The molecule has 1 heterocycles. The predicted octanol–water partition coefficient (Wildman–Crippen LogP) is 5.51. The molecule has 3 aromatic carbocycles. The molecule has 1 atom stereocenters. The van der Waals surface area contributed by atoms with Gasteiger partial charge < -0.3 is 14.2 Å². The number of hydrogen-bond acceptors (Lipinski definition) is 7. The van der Waals surface area contributed by atoms with Crippen molar-refractivity contribution in [2.75, 3.05) is 13.2 Å². The van der Waals surface area contributed by atoms with Crippen LogP contribution in [0.5, 0.6) is 5.75 Å². The first-order valence-corrected chi connectivity index (χ1v) is 11.6. The van der Waals surface area contributed by atoms with Crippen molar-refractivity contribution in [3.8, 4) is 17.1 Å². The van der Waals surface area contributed by atoms with Crippen LogP contribution in [0.4, 0.5) is 5.69 Å². The summed E-state index contributed by atoms with van der Waals surface area (Å²) in [5, 5.41) is 15.6. The van der Waals surface area contributed by atoms with Gasteiger partial charge in [-0.1, -0.05) is 59.2 Å². The van der Waals surface area contributed by atoms with E-state index >= 15 is 0 Å². The van der Waals surface area contributed by atoms with Crippen molar-refractivity contribution in [3.63, 3.8) is 0 Å².